The number of aliphatic hydroxyl groups is 1. The summed E-state index contributed by atoms with van der Waals surface area (Å²) < 4.78 is 0. The second-order valence-corrected chi connectivity index (χ2v) is 6.05. The summed E-state index contributed by atoms with van der Waals surface area (Å²) in [4.78, 5) is 11.5. The van der Waals surface area contributed by atoms with Gasteiger partial charge in [0.05, 0.1) is 11.9 Å². The van der Waals surface area contributed by atoms with E-state index in [2.05, 4.69) is 5.32 Å². The Morgan fingerprint density at radius 1 is 1.47 bits per heavy atom. The lowest BCUT2D eigenvalue weighted by Gasteiger charge is -2.07. The van der Waals surface area contributed by atoms with Gasteiger partial charge in [-0.25, -0.2) is 0 Å². The molecule has 1 rings (SSSR count). The quantitative estimate of drug-likeness (QED) is 0.811. The van der Waals surface area contributed by atoms with E-state index in [9.17, 15) is 4.79 Å². The molecule has 0 bridgehead atoms. The maximum Gasteiger partial charge on any atom is 0.230 e. The largest absolute Gasteiger partial charge is 0.393 e. The lowest BCUT2D eigenvalue weighted by Crippen LogP contribution is -2.28. The number of carbonyl (C=O) groups is 1. The summed E-state index contributed by atoms with van der Waals surface area (Å²) >= 11 is 13.3. The van der Waals surface area contributed by atoms with Gasteiger partial charge < -0.3 is 10.4 Å². The standard InChI is InChI=1S/C13H17Cl2NO2S/c1-9(17)4-5-16-13(18)8-19-7-10-2-3-11(14)6-12(10)15/h2-3,6,9,17H,4-5,7-8H2,1H3,(H,16,18). The molecule has 6 heteroatoms. The van der Waals surface area contributed by atoms with Crippen LogP contribution in [0.2, 0.25) is 10.0 Å². The van der Waals surface area contributed by atoms with Crippen LogP contribution < -0.4 is 5.32 Å². The maximum absolute atomic E-state index is 11.5. The van der Waals surface area contributed by atoms with Crippen molar-refractivity contribution in [1.82, 2.24) is 5.32 Å². The summed E-state index contributed by atoms with van der Waals surface area (Å²) in [6.45, 7) is 2.20. The van der Waals surface area contributed by atoms with Gasteiger partial charge in [0.2, 0.25) is 5.91 Å². The molecule has 0 saturated carbocycles. The zero-order valence-corrected chi connectivity index (χ0v) is 13.0. The van der Waals surface area contributed by atoms with Crippen molar-refractivity contribution >= 4 is 40.9 Å². The van der Waals surface area contributed by atoms with E-state index in [1.54, 1.807) is 19.1 Å². The third-order valence-electron chi connectivity index (χ3n) is 2.39. The Labute approximate surface area is 127 Å². The van der Waals surface area contributed by atoms with Crippen molar-refractivity contribution < 1.29 is 9.90 Å². The molecule has 0 aromatic heterocycles. The van der Waals surface area contributed by atoms with Crippen molar-refractivity contribution in [3.63, 3.8) is 0 Å². The highest BCUT2D eigenvalue weighted by molar-refractivity contribution is 7.99. The van der Waals surface area contributed by atoms with Crippen molar-refractivity contribution in [1.29, 1.82) is 0 Å². The van der Waals surface area contributed by atoms with Crippen molar-refractivity contribution in [2.45, 2.75) is 25.2 Å². The molecular weight excluding hydrogens is 305 g/mol. The number of hydrogen-bond acceptors (Lipinski definition) is 3. The number of hydrogen-bond donors (Lipinski definition) is 2. The van der Waals surface area contributed by atoms with Gasteiger partial charge in [-0.05, 0) is 31.0 Å². The highest BCUT2D eigenvalue weighted by Gasteiger charge is 2.05. The molecule has 2 N–H and O–H groups in total. The normalized spacial score (nSPS) is 12.2. The zero-order chi connectivity index (χ0) is 14.3. The minimum Gasteiger partial charge on any atom is -0.393 e. The average molecular weight is 322 g/mol. The van der Waals surface area contributed by atoms with Crippen LogP contribution in [0.15, 0.2) is 18.2 Å². The summed E-state index contributed by atoms with van der Waals surface area (Å²) in [6, 6.07) is 5.34. The monoisotopic (exact) mass is 321 g/mol. The Kier molecular flexibility index (Phi) is 7.61. The van der Waals surface area contributed by atoms with Crippen LogP contribution >= 0.6 is 35.0 Å². The van der Waals surface area contributed by atoms with E-state index in [-0.39, 0.29) is 12.0 Å². The molecule has 0 aliphatic rings. The minimum absolute atomic E-state index is 0.0317. The summed E-state index contributed by atoms with van der Waals surface area (Å²) in [7, 11) is 0. The van der Waals surface area contributed by atoms with Gasteiger partial charge in [0.15, 0.2) is 0 Å². The van der Waals surface area contributed by atoms with Crippen LogP contribution in [0, 0.1) is 0 Å². The van der Waals surface area contributed by atoms with Gasteiger partial charge >= 0.3 is 0 Å². The van der Waals surface area contributed by atoms with Gasteiger partial charge in [0.1, 0.15) is 0 Å². The molecule has 0 radical (unpaired) electrons. The molecule has 106 valence electrons. The molecule has 1 unspecified atom stereocenters. The SMILES string of the molecule is CC(O)CCNC(=O)CSCc1ccc(Cl)cc1Cl. The van der Waals surface area contributed by atoms with Crippen LogP contribution in [-0.4, -0.2) is 29.4 Å². The number of nitrogens with one attached hydrogen (secondary N) is 1. The third kappa shape index (κ3) is 7.06. The van der Waals surface area contributed by atoms with Gasteiger partial charge in [0.25, 0.3) is 0 Å². The molecule has 1 atom stereocenters. The Bertz CT molecular complexity index is 427. The number of carbonyl (C=O) groups excluding carboxylic acids is 1. The molecule has 1 amide bonds. The molecule has 0 spiro atoms. The van der Waals surface area contributed by atoms with Crippen LogP contribution in [0.1, 0.15) is 18.9 Å². The fourth-order valence-corrected chi connectivity index (χ4v) is 2.78. The summed E-state index contributed by atoms with van der Waals surface area (Å²) in [5.74, 6) is 1.01. The number of thioether (sulfide) groups is 1. The highest BCUT2D eigenvalue weighted by Crippen LogP contribution is 2.24. The average Bonchev–Trinajstić information content (AvgIpc) is 2.31. The van der Waals surface area contributed by atoms with Crippen molar-refractivity contribution in [3.05, 3.63) is 33.8 Å². The van der Waals surface area contributed by atoms with E-state index in [1.165, 1.54) is 11.8 Å². The minimum atomic E-state index is -0.388. The van der Waals surface area contributed by atoms with Crippen molar-refractivity contribution in [2.75, 3.05) is 12.3 Å². The number of halogens is 2. The van der Waals surface area contributed by atoms with Gasteiger partial charge in [0, 0.05) is 22.3 Å². The Balaban J connectivity index is 2.24. The van der Waals surface area contributed by atoms with E-state index >= 15 is 0 Å². The van der Waals surface area contributed by atoms with Crippen LogP contribution in [0.4, 0.5) is 0 Å². The molecule has 0 saturated heterocycles. The van der Waals surface area contributed by atoms with Crippen molar-refractivity contribution in [2.24, 2.45) is 0 Å². The molecule has 19 heavy (non-hydrogen) atoms. The first-order chi connectivity index (χ1) is 8.99. The zero-order valence-electron chi connectivity index (χ0n) is 10.7. The second kappa shape index (κ2) is 8.69. The Morgan fingerprint density at radius 3 is 2.84 bits per heavy atom. The molecule has 3 nitrogen and oxygen atoms in total. The van der Waals surface area contributed by atoms with Crippen molar-refractivity contribution in [3.8, 4) is 0 Å². The number of amides is 1. The summed E-state index contributed by atoms with van der Waals surface area (Å²) in [5.41, 5.74) is 0.966. The van der Waals surface area contributed by atoms with Gasteiger partial charge in [-0.15, -0.1) is 11.8 Å². The fourth-order valence-electron chi connectivity index (χ4n) is 1.36. The van der Waals surface area contributed by atoms with E-state index in [0.29, 0.717) is 34.5 Å². The van der Waals surface area contributed by atoms with Crippen LogP contribution in [0.25, 0.3) is 0 Å². The number of aliphatic hydroxyl groups excluding tert-OH is 1. The van der Waals surface area contributed by atoms with Crippen LogP contribution in [-0.2, 0) is 10.5 Å². The number of rotatable bonds is 7. The van der Waals surface area contributed by atoms with E-state index in [0.717, 1.165) is 5.56 Å². The topological polar surface area (TPSA) is 49.3 Å². The first-order valence-electron chi connectivity index (χ1n) is 5.95. The molecule has 0 aliphatic carbocycles. The molecule has 0 fully saturated rings. The van der Waals surface area contributed by atoms with Crippen LogP contribution in [0.3, 0.4) is 0 Å². The van der Waals surface area contributed by atoms with Gasteiger partial charge in [-0.2, -0.15) is 0 Å². The van der Waals surface area contributed by atoms with Gasteiger partial charge in [-0.3, -0.25) is 4.79 Å². The molecule has 1 aromatic rings. The Morgan fingerprint density at radius 2 is 2.21 bits per heavy atom. The third-order valence-corrected chi connectivity index (χ3v) is 3.96. The lowest BCUT2D eigenvalue weighted by atomic mass is 10.2. The lowest BCUT2D eigenvalue weighted by molar-refractivity contribution is -0.118. The van der Waals surface area contributed by atoms with E-state index in [4.69, 9.17) is 28.3 Å². The molecule has 0 aliphatic heterocycles. The first kappa shape index (κ1) is 16.6. The first-order valence-corrected chi connectivity index (χ1v) is 7.86. The van der Waals surface area contributed by atoms with E-state index in [1.807, 2.05) is 6.07 Å². The number of benzene rings is 1. The smallest absolute Gasteiger partial charge is 0.230 e. The summed E-state index contributed by atoms with van der Waals surface area (Å²) in [5, 5.41) is 13.0. The summed E-state index contributed by atoms with van der Waals surface area (Å²) in [6.07, 6.45) is 0.181. The second-order valence-electron chi connectivity index (χ2n) is 4.22. The fraction of sp³-hybridized carbons (Fsp3) is 0.462. The Hall–Kier alpha value is -0.420. The molecule has 1 aromatic carbocycles. The molecule has 0 heterocycles. The molecular formula is C13H17Cl2NO2S. The van der Waals surface area contributed by atoms with Crippen LogP contribution in [0.5, 0.6) is 0 Å². The predicted octanol–water partition coefficient (Wildman–Crippen LogP) is 3.11. The van der Waals surface area contributed by atoms with Gasteiger partial charge in [-0.1, -0.05) is 29.3 Å². The predicted molar refractivity (Wildman–Crippen MR) is 81.9 cm³/mol. The maximum atomic E-state index is 11.5. The highest BCUT2D eigenvalue weighted by atomic mass is 35.5. The van der Waals surface area contributed by atoms with E-state index < -0.39 is 0 Å².